The Morgan fingerprint density at radius 3 is 2.96 bits per heavy atom. The molecule has 3 heterocycles. The number of fused-ring (bicyclic) bond motifs is 1. The number of aliphatic hydroxyl groups is 1. The highest BCUT2D eigenvalue weighted by Crippen LogP contribution is 2.22. The molecule has 0 radical (unpaired) electrons. The van der Waals surface area contributed by atoms with Crippen LogP contribution in [0.5, 0.6) is 0 Å². The summed E-state index contributed by atoms with van der Waals surface area (Å²) in [6.07, 6.45) is 2.87. The summed E-state index contributed by atoms with van der Waals surface area (Å²) >= 11 is 0. The molecule has 3 aromatic rings. The number of H-pyrrole nitrogens is 1. The zero-order valence-corrected chi connectivity index (χ0v) is 13.6. The molecule has 0 spiro atoms. The van der Waals surface area contributed by atoms with Gasteiger partial charge in [-0.05, 0) is 5.56 Å². The van der Waals surface area contributed by atoms with Gasteiger partial charge in [0.2, 0.25) is 0 Å². The standard InChI is InChI=1S/C18H18N4O3/c23-11-16-14-10-22(7-6-15(14)20-21-16)18(24)17-19-9-13(25-17)8-12-4-2-1-3-5-12/h1-5,9,23H,6-8,10-11H2,(H,20,21). The molecule has 1 amide bonds. The van der Waals surface area contributed by atoms with Gasteiger partial charge in [-0.2, -0.15) is 5.10 Å². The normalized spacial score (nSPS) is 13.7. The first kappa shape index (κ1) is 15.6. The SMILES string of the molecule is O=C(c1ncc(Cc2ccccc2)o1)N1CCc2[nH]nc(CO)c2C1. The number of aromatic amines is 1. The molecular formula is C18H18N4O3. The number of amides is 1. The Balaban J connectivity index is 1.48. The Kier molecular flexibility index (Phi) is 4.07. The number of hydrogen-bond acceptors (Lipinski definition) is 5. The number of aliphatic hydroxyl groups excluding tert-OH is 1. The third-order valence-electron chi connectivity index (χ3n) is 4.41. The number of nitrogens with one attached hydrogen (secondary N) is 1. The second-order valence-electron chi connectivity index (χ2n) is 6.06. The highest BCUT2D eigenvalue weighted by Gasteiger charge is 2.28. The van der Waals surface area contributed by atoms with Crippen molar-refractivity contribution in [2.45, 2.75) is 26.0 Å². The maximum atomic E-state index is 12.7. The minimum Gasteiger partial charge on any atom is -0.437 e. The van der Waals surface area contributed by atoms with Gasteiger partial charge in [0.05, 0.1) is 18.5 Å². The largest absolute Gasteiger partial charge is 0.437 e. The summed E-state index contributed by atoms with van der Waals surface area (Å²) in [6.45, 7) is 0.820. The fourth-order valence-corrected chi connectivity index (χ4v) is 3.08. The van der Waals surface area contributed by atoms with Gasteiger partial charge in [0.25, 0.3) is 5.89 Å². The molecule has 7 heteroatoms. The van der Waals surface area contributed by atoms with E-state index in [1.807, 2.05) is 30.3 Å². The summed E-state index contributed by atoms with van der Waals surface area (Å²) in [5.74, 6) is 0.519. The number of carbonyl (C=O) groups is 1. The summed E-state index contributed by atoms with van der Waals surface area (Å²) in [5, 5.41) is 16.4. The maximum Gasteiger partial charge on any atom is 0.310 e. The number of rotatable bonds is 4. The van der Waals surface area contributed by atoms with Gasteiger partial charge in [0.1, 0.15) is 5.76 Å². The van der Waals surface area contributed by atoms with E-state index in [0.29, 0.717) is 37.4 Å². The monoisotopic (exact) mass is 338 g/mol. The lowest BCUT2D eigenvalue weighted by atomic mass is 10.1. The second-order valence-corrected chi connectivity index (χ2v) is 6.06. The van der Waals surface area contributed by atoms with Crippen molar-refractivity contribution in [3.63, 3.8) is 0 Å². The van der Waals surface area contributed by atoms with Gasteiger partial charge >= 0.3 is 5.91 Å². The first-order valence-electron chi connectivity index (χ1n) is 8.18. The second kappa shape index (κ2) is 6.52. The third kappa shape index (κ3) is 3.06. The minimum absolute atomic E-state index is 0.100. The van der Waals surface area contributed by atoms with Crippen molar-refractivity contribution in [2.75, 3.05) is 6.54 Å². The van der Waals surface area contributed by atoms with Crippen molar-refractivity contribution in [1.29, 1.82) is 0 Å². The molecule has 1 aliphatic rings. The lowest BCUT2D eigenvalue weighted by Crippen LogP contribution is -2.36. The molecule has 1 aromatic carbocycles. The van der Waals surface area contributed by atoms with E-state index in [4.69, 9.17) is 4.42 Å². The lowest BCUT2D eigenvalue weighted by Gasteiger charge is -2.25. The number of aromatic nitrogens is 3. The van der Waals surface area contributed by atoms with Crippen LogP contribution >= 0.6 is 0 Å². The number of nitrogens with zero attached hydrogens (tertiary/aromatic N) is 3. The van der Waals surface area contributed by atoms with E-state index in [1.54, 1.807) is 11.1 Å². The van der Waals surface area contributed by atoms with Crippen molar-refractivity contribution in [2.24, 2.45) is 0 Å². The van der Waals surface area contributed by atoms with Crippen LogP contribution in [-0.2, 0) is 26.0 Å². The molecule has 0 fully saturated rings. The van der Waals surface area contributed by atoms with Gasteiger partial charge in [-0.25, -0.2) is 4.98 Å². The van der Waals surface area contributed by atoms with E-state index < -0.39 is 0 Å². The average Bonchev–Trinajstić information content (AvgIpc) is 3.28. The van der Waals surface area contributed by atoms with E-state index in [-0.39, 0.29) is 18.4 Å². The molecule has 0 bridgehead atoms. The zero-order chi connectivity index (χ0) is 17.2. The molecule has 0 unspecified atom stereocenters. The van der Waals surface area contributed by atoms with Crippen molar-refractivity contribution >= 4 is 5.91 Å². The first-order valence-corrected chi connectivity index (χ1v) is 8.18. The molecule has 7 nitrogen and oxygen atoms in total. The summed E-state index contributed by atoms with van der Waals surface area (Å²) < 4.78 is 5.65. The van der Waals surface area contributed by atoms with Crippen molar-refractivity contribution in [1.82, 2.24) is 20.1 Å². The van der Waals surface area contributed by atoms with Crippen molar-refractivity contribution < 1.29 is 14.3 Å². The highest BCUT2D eigenvalue weighted by molar-refractivity contribution is 5.89. The molecule has 0 aliphatic carbocycles. The van der Waals surface area contributed by atoms with Crippen LogP contribution in [0.15, 0.2) is 40.9 Å². The minimum atomic E-state index is -0.241. The Bertz CT molecular complexity index is 871. The molecule has 0 atom stereocenters. The molecule has 4 rings (SSSR count). The maximum absolute atomic E-state index is 12.7. The van der Waals surface area contributed by atoms with Gasteiger partial charge in [0, 0.05) is 37.2 Å². The van der Waals surface area contributed by atoms with E-state index in [2.05, 4.69) is 15.2 Å². The predicted molar refractivity (Wildman–Crippen MR) is 88.7 cm³/mol. The summed E-state index contributed by atoms with van der Waals surface area (Å²) in [5.41, 5.74) is 3.55. The quantitative estimate of drug-likeness (QED) is 0.755. The lowest BCUT2D eigenvalue weighted by molar-refractivity contribution is 0.0690. The van der Waals surface area contributed by atoms with Crippen LogP contribution in [0, 0.1) is 0 Å². The Morgan fingerprint density at radius 1 is 1.32 bits per heavy atom. The fraction of sp³-hybridized carbons (Fsp3) is 0.278. The molecular weight excluding hydrogens is 320 g/mol. The van der Waals surface area contributed by atoms with E-state index in [1.165, 1.54) is 0 Å². The van der Waals surface area contributed by atoms with Gasteiger partial charge in [-0.1, -0.05) is 30.3 Å². The predicted octanol–water partition coefficient (Wildman–Crippen LogP) is 1.68. The summed E-state index contributed by atoms with van der Waals surface area (Å²) in [7, 11) is 0. The Morgan fingerprint density at radius 2 is 2.16 bits per heavy atom. The van der Waals surface area contributed by atoms with Gasteiger partial charge in [0.15, 0.2) is 0 Å². The van der Waals surface area contributed by atoms with Crippen molar-refractivity contribution in [3.8, 4) is 0 Å². The number of hydrogen-bond donors (Lipinski definition) is 2. The highest BCUT2D eigenvalue weighted by atomic mass is 16.4. The van der Waals surface area contributed by atoms with Crippen LogP contribution in [0.4, 0.5) is 0 Å². The smallest absolute Gasteiger partial charge is 0.310 e. The average molecular weight is 338 g/mol. The molecule has 2 aromatic heterocycles. The topological polar surface area (TPSA) is 95.3 Å². The first-order chi connectivity index (χ1) is 12.2. The Hall–Kier alpha value is -2.93. The van der Waals surface area contributed by atoms with Crippen molar-refractivity contribution in [3.05, 3.63) is 70.7 Å². The number of carbonyl (C=O) groups excluding carboxylic acids is 1. The van der Waals surface area contributed by atoms with Crippen LogP contribution in [0.3, 0.4) is 0 Å². The zero-order valence-electron chi connectivity index (χ0n) is 13.6. The third-order valence-corrected chi connectivity index (χ3v) is 4.41. The van der Waals surface area contributed by atoms with E-state index >= 15 is 0 Å². The molecule has 0 saturated heterocycles. The molecule has 0 saturated carbocycles. The summed E-state index contributed by atoms with van der Waals surface area (Å²) in [6, 6.07) is 9.90. The molecule has 1 aliphatic heterocycles. The molecule has 2 N–H and O–H groups in total. The number of oxazole rings is 1. The van der Waals surface area contributed by atoms with Crippen LogP contribution in [0.25, 0.3) is 0 Å². The number of benzene rings is 1. The summed E-state index contributed by atoms with van der Waals surface area (Å²) in [4.78, 5) is 18.5. The van der Waals surface area contributed by atoms with Crippen LogP contribution in [0.1, 0.15) is 39.0 Å². The van der Waals surface area contributed by atoms with Crippen LogP contribution in [0.2, 0.25) is 0 Å². The molecule has 25 heavy (non-hydrogen) atoms. The fourth-order valence-electron chi connectivity index (χ4n) is 3.08. The van der Waals surface area contributed by atoms with Crippen LogP contribution < -0.4 is 0 Å². The van der Waals surface area contributed by atoms with Crippen LogP contribution in [-0.4, -0.2) is 37.6 Å². The van der Waals surface area contributed by atoms with Gasteiger partial charge in [-0.3, -0.25) is 9.89 Å². The van der Waals surface area contributed by atoms with E-state index in [0.717, 1.165) is 16.8 Å². The van der Waals surface area contributed by atoms with Gasteiger partial charge < -0.3 is 14.4 Å². The van der Waals surface area contributed by atoms with E-state index in [9.17, 15) is 9.90 Å². The molecule has 128 valence electrons. The van der Waals surface area contributed by atoms with Gasteiger partial charge in [-0.15, -0.1) is 0 Å². The Labute approximate surface area is 144 Å².